The van der Waals surface area contributed by atoms with E-state index in [0.717, 1.165) is 13.1 Å². The second kappa shape index (κ2) is 4.77. The number of aliphatic hydroxyl groups is 1. The van der Waals surface area contributed by atoms with Crippen LogP contribution in [0.1, 0.15) is 26.5 Å². The van der Waals surface area contributed by atoms with E-state index in [1.54, 1.807) is 6.33 Å². The van der Waals surface area contributed by atoms with Crippen molar-refractivity contribution < 1.29 is 5.11 Å². The summed E-state index contributed by atoms with van der Waals surface area (Å²) in [4.78, 5) is 6.28. The fourth-order valence-electron chi connectivity index (χ4n) is 1.59. The molecule has 0 aliphatic rings. The zero-order valence-electron chi connectivity index (χ0n) is 10.1. The first kappa shape index (κ1) is 12.2. The van der Waals surface area contributed by atoms with Crippen molar-refractivity contribution in [3.8, 4) is 0 Å². The van der Waals surface area contributed by atoms with E-state index < -0.39 is 5.60 Å². The predicted molar refractivity (Wildman–Crippen MR) is 60.5 cm³/mol. The Morgan fingerprint density at radius 1 is 1.53 bits per heavy atom. The topological polar surface area (TPSA) is 41.3 Å². The number of hydrogen-bond acceptors (Lipinski definition) is 3. The highest BCUT2D eigenvalue weighted by Crippen LogP contribution is 2.08. The van der Waals surface area contributed by atoms with Crippen LogP contribution in [0.2, 0.25) is 0 Å². The summed E-state index contributed by atoms with van der Waals surface area (Å²) in [5.41, 5.74) is 0.523. The summed E-state index contributed by atoms with van der Waals surface area (Å²) in [5.74, 6) is 0. The Kier molecular flexibility index (Phi) is 3.88. The standard InChI is InChI=1S/C11H21N3O/c1-5-14(8-11(2,3)15)7-10-6-12-9-13(10)4/h6,9,15H,5,7-8H2,1-4H3. The van der Waals surface area contributed by atoms with Crippen LogP contribution in [0.15, 0.2) is 12.5 Å². The number of likely N-dealkylation sites (N-methyl/N-ethyl adjacent to an activating group) is 1. The molecular weight excluding hydrogens is 190 g/mol. The zero-order valence-corrected chi connectivity index (χ0v) is 10.1. The lowest BCUT2D eigenvalue weighted by atomic mass is 10.1. The van der Waals surface area contributed by atoms with Gasteiger partial charge in [0.05, 0.1) is 17.6 Å². The van der Waals surface area contributed by atoms with Crippen LogP contribution >= 0.6 is 0 Å². The third-order valence-electron chi connectivity index (χ3n) is 2.36. The molecule has 0 fully saturated rings. The van der Waals surface area contributed by atoms with Crippen LogP contribution < -0.4 is 0 Å². The van der Waals surface area contributed by atoms with Gasteiger partial charge in [0.25, 0.3) is 0 Å². The maximum Gasteiger partial charge on any atom is 0.0945 e. The molecular formula is C11H21N3O. The molecule has 0 radical (unpaired) electrons. The molecule has 1 aromatic heterocycles. The normalized spacial score (nSPS) is 12.4. The molecule has 0 aliphatic heterocycles. The van der Waals surface area contributed by atoms with Gasteiger partial charge in [-0.3, -0.25) is 4.90 Å². The fraction of sp³-hybridized carbons (Fsp3) is 0.727. The molecule has 0 atom stereocenters. The average Bonchev–Trinajstić information content (AvgIpc) is 2.48. The molecule has 1 N–H and O–H groups in total. The summed E-state index contributed by atoms with van der Waals surface area (Å²) in [5, 5.41) is 9.75. The van der Waals surface area contributed by atoms with E-state index in [4.69, 9.17) is 0 Å². The third kappa shape index (κ3) is 4.01. The van der Waals surface area contributed by atoms with Crippen LogP contribution in [-0.4, -0.2) is 38.2 Å². The smallest absolute Gasteiger partial charge is 0.0945 e. The van der Waals surface area contributed by atoms with Crippen LogP contribution in [0.25, 0.3) is 0 Å². The average molecular weight is 211 g/mol. The van der Waals surface area contributed by atoms with Gasteiger partial charge in [-0.1, -0.05) is 6.92 Å². The molecule has 0 amide bonds. The van der Waals surface area contributed by atoms with E-state index in [1.807, 2.05) is 31.7 Å². The van der Waals surface area contributed by atoms with E-state index in [0.29, 0.717) is 6.54 Å². The summed E-state index contributed by atoms with van der Waals surface area (Å²) in [6.45, 7) is 8.20. The van der Waals surface area contributed by atoms with Crippen molar-refractivity contribution in [1.29, 1.82) is 0 Å². The molecule has 0 spiro atoms. The molecule has 1 aromatic rings. The van der Waals surface area contributed by atoms with Crippen molar-refractivity contribution in [2.24, 2.45) is 7.05 Å². The molecule has 0 bridgehead atoms. The number of nitrogens with zero attached hydrogens (tertiary/aromatic N) is 3. The lowest BCUT2D eigenvalue weighted by Gasteiger charge is -2.27. The van der Waals surface area contributed by atoms with Crippen molar-refractivity contribution >= 4 is 0 Å². The van der Waals surface area contributed by atoms with Gasteiger partial charge in [-0.25, -0.2) is 4.98 Å². The number of aryl methyl sites for hydroxylation is 1. The molecule has 15 heavy (non-hydrogen) atoms. The molecule has 4 nitrogen and oxygen atoms in total. The minimum atomic E-state index is -0.644. The highest BCUT2D eigenvalue weighted by atomic mass is 16.3. The Labute approximate surface area is 91.5 Å². The van der Waals surface area contributed by atoms with Crippen molar-refractivity contribution in [2.45, 2.75) is 32.9 Å². The Bertz CT molecular complexity index is 301. The van der Waals surface area contributed by atoms with Crippen molar-refractivity contribution in [3.05, 3.63) is 18.2 Å². The van der Waals surface area contributed by atoms with Crippen LogP contribution in [-0.2, 0) is 13.6 Å². The van der Waals surface area contributed by atoms with Gasteiger partial charge >= 0.3 is 0 Å². The second-order valence-corrected chi connectivity index (χ2v) is 4.61. The molecule has 0 aromatic carbocycles. The molecule has 0 unspecified atom stereocenters. The summed E-state index contributed by atoms with van der Waals surface area (Å²) in [6, 6.07) is 0. The van der Waals surface area contributed by atoms with Crippen LogP contribution in [0.4, 0.5) is 0 Å². The lowest BCUT2D eigenvalue weighted by Crippen LogP contribution is -2.38. The summed E-state index contributed by atoms with van der Waals surface area (Å²) >= 11 is 0. The summed E-state index contributed by atoms with van der Waals surface area (Å²) in [6.07, 6.45) is 3.67. The van der Waals surface area contributed by atoms with Gasteiger partial charge in [-0.2, -0.15) is 0 Å². The summed E-state index contributed by atoms with van der Waals surface area (Å²) < 4.78 is 2.01. The SMILES string of the molecule is CCN(Cc1cncn1C)CC(C)(C)O. The number of imidazole rings is 1. The van der Waals surface area contributed by atoms with Gasteiger partial charge in [0.1, 0.15) is 0 Å². The molecule has 1 rings (SSSR count). The van der Waals surface area contributed by atoms with Crippen LogP contribution in [0.5, 0.6) is 0 Å². The quantitative estimate of drug-likeness (QED) is 0.790. The van der Waals surface area contributed by atoms with E-state index in [1.165, 1.54) is 5.69 Å². The van der Waals surface area contributed by atoms with Crippen LogP contribution in [0, 0.1) is 0 Å². The molecule has 1 heterocycles. The van der Waals surface area contributed by atoms with Gasteiger partial charge in [-0.15, -0.1) is 0 Å². The van der Waals surface area contributed by atoms with E-state index in [9.17, 15) is 5.11 Å². The third-order valence-corrected chi connectivity index (χ3v) is 2.36. The fourth-order valence-corrected chi connectivity index (χ4v) is 1.59. The number of aromatic nitrogens is 2. The monoisotopic (exact) mass is 211 g/mol. The van der Waals surface area contributed by atoms with Gasteiger partial charge < -0.3 is 9.67 Å². The molecule has 86 valence electrons. The van der Waals surface area contributed by atoms with E-state index in [2.05, 4.69) is 16.8 Å². The Morgan fingerprint density at radius 2 is 2.20 bits per heavy atom. The van der Waals surface area contributed by atoms with Crippen molar-refractivity contribution in [1.82, 2.24) is 14.5 Å². The van der Waals surface area contributed by atoms with Gasteiger partial charge in [0.15, 0.2) is 0 Å². The van der Waals surface area contributed by atoms with Crippen molar-refractivity contribution in [3.63, 3.8) is 0 Å². The van der Waals surface area contributed by atoms with Crippen LogP contribution in [0.3, 0.4) is 0 Å². The first-order valence-corrected chi connectivity index (χ1v) is 5.32. The van der Waals surface area contributed by atoms with Gasteiger partial charge in [0, 0.05) is 26.3 Å². The highest BCUT2D eigenvalue weighted by molar-refractivity contribution is 4.97. The summed E-state index contributed by atoms with van der Waals surface area (Å²) in [7, 11) is 1.99. The Morgan fingerprint density at radius 3 is 2.60 bits per heavy atom. The minimum Gasteiger partial charge on any atom is -0.389 e. The maximum absolute atomic E-state index is 9.75. The zero-order chi connectivity index (χ0) is 11.5. The largest absolute Gasteiger partial charge is 0.389 e. The van der Waals surface area contributed by atoms with Gasteiger partial charge in [-0.05, 0) is 20.4 Å². The lowest BCUT2D eigenvalue weighted by molar-refractivity contribution is 0.0347. The molecule has 0 saturated carbocycles. The Balaban J connectivity index is 2.58. The minimum absolute atomic E-state index is 0.644. The first-order chi connectivity index (χ1) is 6.92. The highest BCUT2D eigenvalue weighted by Gasteiger charge is 2.17. The first-order valence-electron chi connectivity index (χ1n) is 5.32. The number of rotatable bonds is 5. The number of hydrogen-bond donors (Lipinski definition) is 1. The molecule has 0 saturated heterocycles. The van der Waals surface area contributed by atoms with E-state index in [-0.39, 0.29) is 0 Å². The van der Waals surface area contributed by atoms with E-state index >= 15 is 0 Å². The molecule has 0 aliphatic carbocycles. The molecule has 4 heteroatoms. The van der Waals surface area contributed by atoms with Gasteiger partial charge in [0.2, 0.25) is 0 Å². The van der Waals surface area contributed by atoms with Crippen molar-refractivity contribution in [2.75, 3.05) is 13.1 Å². The second-order valence-electron chi connectivity index (χ2n) is 4.61. The Hall–Kier alpha value is -0.870. The maximum atomic E-state index is 9.75. The predicted octanol–water partition coefficient (Wildman–Crippen LogP) is 1.01.